The van der Waals surface area contributed by atoms with Crippen LogP contribution >= 0.6 is 0 Å². The van der Waals surface area contributed by atoms with E-state index in [0.29, 0.717) is 17.9 Å². The SMILES string of the molecule is CCN(C)C(=O)C(C)NC(=O)Cn1nc(C)c(N)c1C. The summed E-state index contributed by atoms with van der Waals surface area (Å²) in [5.74, 6) is -0.380. The molecule has 7 heteroatoms. The average molecular weight is 281 g/mol. The van der Waals surface area contributed by atoms with Crippen molar-refractivity contribution in [1.29, 1.82) is 0 Å². The largest absolute Gasteiger partial charge is 0.396 e. The van der Waals surface area contributed by atoms with E-state index < -0.39 is 6.04 Å². The van der Waals surface area contributed by atoms with Crippen LogP contribution in [0.25, 0.3) is 0 Å². The molecule has 0 saturated heterocycles. The van der Waals surface area contributed by atoms with E-state index in [2.05, 4.69) is 10.4 Å². The lowest BCUT2D eigenvalue weighted by Gasteiger charge is -2.20. The predicted molar refractivity (Wildman–Crippen MR) is 77.0 cm³/mol. The van der Waals surface area contributed by atoms with Gasteiger partial charge in [-0.25, -0.2) is 0 Å². The molecule has 0 aliphatic rings. The van der Waals surface area contributed by atoms with Crippen molar-refractivity contribution in [3.05, 3.63) is 11.4 Å². The van der Waals surface area contributed by atoms with E-state index in [1.807, 2.05) is 13.8 Å². The van der Waals surface area contributed by atoms with Crippen LogP contribution in [0.2, 0.25) is 0 Å². The smallest absolute Gasteiger partial charge is 0.244 e. The molecule has 1 heterocycles. The number of carbonyl (C=O) groups excluding carboxylic acids is 2. The van der Waals surface area contributed by atoms with Gasteiger partial charge < -0.3 is 16.0 Å². The number of hydrogen-bond donors (Lipinski definition) is 2. The van der Waals surface area contributed by atoms with Crippen LogP contribution in [0.15, 0.2) is 0 Å². The van der Waals surface area contributed by atoms with Crippen LogP contribution < -0.4 is 11.1 Å². The summed E-state index contributed by atoms with van der Waals surface area (Å²) in [6.45, 7) is 7.80. The number of nitrogens with two attached hydrogens (primary N) is 1. The molecule has 3 N–H and O–H groups in total. The van der Waals surface area contributed by atoms with Gasteiger partial charge in [0.15, 0.2) is 0 Å². The van der Waals surface area contributed by atoms with E-state index in [9.17, 15) is 9.59 Å². The lowest BCUT2D eigenvalue weighted by Crippen LogP contribution is -2.46. The Hall–Kier alpha value is -2.05. The molecule has 0 aliphatic heterocycles. The Morgan fingerprint density at radius 3 is 2.50 bits per heavy atom. The second-order valence-electron chi connectivity index (χ2n) is 4.88. The standard InChI is InChI=1S/C13H23N5O2/c1-6-17(5)13(20)9(3)15-11(19)7-18-10(4)12(14)8(2)16-18/h9H,6-7,14H2,1-5H3,(H,15,19). The third kappa shape index (κ3) is 3.49. The molecule has 1 rings (SSSR count). The number of amides is 2. The molecule has 7 nitrogen and oxygen atoms in total. The molecule has 1 aromatic heterocycles. The Balaban J connectivity index is 2.64. The first-order valence-corrected chi connectivity index (χ1v) is 6.61. The summed E-state index contributed by atoms with van der Waals surface area (Å²) in [7, 11) is 1.70. The Kier molecular flexibility index (Phi) is 5.12. The van der Waals surface area contributed by atoms with Gasteiger partial charge in [0.2, 0.25) is 11.8 Å². The number of rotatable bonds is 5. The third-order valence-corrected chi connectivity index (χ3v) is 3.33. The minimum Gasteiger partial charge on any atom is -0.396 e. The molecular formula is C13H23N5O2. The van der Waals surface area contributed by atoms with Crippen molar-refractivity contribution in [2.75, 3.05) is 19.3 Å². The molecule has 1 atom stereocenters. The minimum atomic E-state index is -0.554. The van der Waals surface area contributed by atoms with Crippen molar-refractivity contribution >= 4 is 17.5 Å². The van der Waals surface area contributed by atoms with Gasteiger partial charge in [0, 0.05) is 13.6 Å². The van der Waals surface area contributed by atoms with Crippen LogP contribution in [0.4, 0.5) is 5.69 Å². The lowest BCUT2D eigenvalue weighted by atomic mass is 10.3. The molecule has 0 spiro atoms. The monoisotopic (exact) mass is 281 g/mol. The van der Waals surface area contributed by atoms with Crippen LogP contribution in [0.3, 0.4) is 0 Å². The molecule has 0 aliphatic carbocycles. The van der Waals surface area contributed by atoms with Gasteiger partial charge >= 0.3 is 0 Å². The number of aromatic nitrogens is 2. The summed E-state index contributed by atoms with van der Waals surface area (Å²) < 4.78 is 1.54. The highest BCUT2D eigenvalue weighted by molar-refractivity contribution is 5.87. The van der Waals surface area contributed by atoms with Crippen molar-refractivity contribution < 1.29 is 9.59 Å². The molecule has 1 unspecified atom stereocenters. The fourth-order valence-corrected chi connectivity index (χ4v) is 1.84. The number of nitrogens with one attached hydrogen (secondary N) is 1. The number of hydrogen-bond acceptors (Lipinski definition) is 4. The van der Waals surface area contributed by atoms with E-state index in [0.717, 1.165) is 5.69 Å². The normalized spacial score (nSPS) is 12.1. The minimum absolute atomic E-state index is 0.0529. The van der Waals surface area contributed by atoms with Gasteiger partial charge in [-0.1, -0.05) is 0 Å². The van der Waals surface area contributed by atoms with E-state index in [4.69, 9.17) is 5.73 Å². The van der Waals surface area contributed by atoms with Crippen molar-refractivity contribution in [3.8, 4) is 0 Å². The van der Waals surface area contributed by atoms with E-state index >= 15 is 0 Å². The fraction of sp³-hybridized carbons (Fsp3) is 0.615. The molecule has 2 amide bonds. The number of carbonyl (C=O) groups is 2. The highest BCUT2D eigenvalue weighted by atomic mass is 16.2. The first kappa shape index (κ1) is 16.0. The van der Waals surface area contributed by atoms with Gasteiger partial charge in [0.25, 0.3) is 0 Å². The maximum absolute atomic E-state index is 11.9. The fourth-order valence-electron chi connectivity index (χ4n) is 1.84. The summed E-state index contributed by atoms with van der Waals surface area (Å²) >= 11 is 0. The van der Waals surface area contributed by atoms with E-state index in [1.165, 1.54) is 0 Å². The first-order valence-electron chi connectivity index (χ1n) is 6.61. The number of nitrogens with zero attached hydrogens (tertiary/aromatic N) is 3. The summed E-state index contributed by atoms with van der Waals surface area (Å²) in [5, 5.41) is 6.86. The van der Waals surface area contributed by atoms with Crippen molar-refractivity contribution in [1.82, 2.24) is 20.0 Å². The molecular weight excluding hydrogens is 258 g/mol. The highest BCUT2D eigenvalue weighted by Crippen LogP contribution is 2.14. The second-order valence-corrected chi connectivity index (χ2v) is 4.88. The Bertz CT molecular complexity index is 509. The van der Waals surface area contributed by atoms with E-state index in [1.54, 1.807) is 30.5 Å². The number of nitrogen functional groups attached to an aromatic ring is 1. The maximum atomic E-state index is 11.9. The topological polar surface area (TPSA) is 93.2 Å². The molecule has 0 radical (unpaired) electrons. The Morgan fingerprint density at radius 1 is 1.45 bits per heavy atom. The van der Waals surface area contributed by atoms with Crippen LogP contribution in [0.1, 0.15) is 25.2 Å². The van der Waals surface area contributed by atoms with Gasteiger partial charge in [0.05, 0.1) is 17.1 Å². The van der Waals surface area contributed by atoms with Crippen molar-refractivity contribution in [3.63, 3.8) is 0 Å². The summed E-state index contributed by atoms with van der Waals surface area (Å²) in [4.78, 5) is 25.3. The van der Waals surface area contributed by atoms with Crippen LogP contribution in [0.5, 0.6) is 0 Å². The second kappa shape index (κ2) is 6.40. The highest BCUT2D eigenvalue weighted by Gasteiger charge is 2.19. The van der Waals surface area contributed by atoms with Gasteiger partial charge in [-0.2, -0.15) is 5.10 Å². The average Bonchev–Trinajstić information content (AvgIpc) is 2.64. The Labute approximate surface area is 119 Å². The number of anilines is 1. The molecule has 1 aromatic rings. The predicted octanol–water partition coefficient (Wildman–Crippen LogP) is 0.0651. The molecule has 0 bridgehead atoms. The van der Waals surface area contributed by atoms with Crippen LogP contribution in [0, 0.1) is 13.8 Å². The zero-order valence-electron chi connectivity index (χ0n) is 12.7. The van der Waals surface area contributed by atoms with Gasteiger partial charge in [-0.3, -0.25) is 14.3 Å². The maximum Gasteiger partial charge on any atom is 0.244 e. The van der Waals surface area contributed by atoms with Crippen LogP contribution in [-0.4, -0.2) is 46.1 Å². The number of aryl methyl sites for hydroxylation is 1. The Morgan fingerprint density at radius 2 is 2.05 bits per heavy atom. The molecule has 0 aromatic carbocycles. The van der Waals surface area contributed by atoms with Gasteiger partial charge in [-0.05, 0) is 27.7 Å². The van der Waals surface area contributed by atoms with Crippen molar-refractivity contribution in [2.24, 2.45) is 0 Å². The van der Waals surface area contributed by atoms with E-state index in [-0.39, 0.29) is 18.4 Å². The van der Waals surface area contributed by atoms with Crippen LogP contribution in [-0.2, 0) is 16.1 Å². The van der Waals surface area contributed by atoms with Gasteiger partial charge in [0.1, 0.15) is 12.6 Å². The lowest BCUT2D eigenvalue weighted by molar-refractivity contribution is -0.134. The molecule has 0 fully saturated rings. The first-order chi connectivity index (χ1) is 9.27. The quantitative estimate of drug-likeness (QED) is 0.798. The summed E-state index contributed by atoms with van der Waals surface area (Å²) in [6.07, 6.45) is 0. The summed E-state index contributed by atoms with van der Waals surface area (Å²) in [6, 6.07) is -0.554. The number of likely N-dealkylation sites (N-methyl/N-ethyl adjacent to an activating group) is 1. The van der Waals surface area contributed by atoms with Crippen molar-refractivity contribution in [2.45, 2.75) is 40.3 Å². The molecule has 20 heavy (non-hydrogen) atoms. The zero-order valence-corrected chi connectivity index (χ0v) is 12.7. The third-order valence-electron chi connectivity index (χ3n) is 3.33. The zero-order chi connectivity index (χ0) is 15.4. The van der Waals surface area contributed by atoms with Gasteiger partial charge in [-0.15, -0.1) is 0 Å². The molecule has 0 saturated carbocycles. The summed E-state index contributed by atoms with van der Waals surface area (Å²) in [5.41, 5.74) is 7.85. The molecule has 112 valence electrons.